The van der Waals surface area contributed by atoms with Gasteiger partial charge in [-0.2, -0.15) is 4.98 Å². The highest BCUT2D eigenvalue weighted by atomic mass is 35.5. The van der Waals surface area contributed by atoms with Crippen LogP contribution >= 0.6 is 23.8 Å². The zero-order valence-corrected chi connectivity index (χ0v) is 21.6. The highest BCUT2D eigenvalue weighted by Gasteiger charge is 2.34. The standard InChI is InChI=1S/C26H36ClN5S/c1-18-12-19(2)16-32(15-18)23-13-20(3)29-24(30-23)31-25(33)28-17-26(10-5-4-6-11-26)21-8-7-9-22(27)14-21/h7-9,13-14,18-19H,4-6,10-12,15-17H2,1-3H3,(H2,28,29,30,31,33)/t18-,19-/m0/s1. The molecule has 5 nitrogen and oxygen atoms in total. The number of benzene rings is 1. The molecule has 1 aliphatic heterocycles. The first kappa shape index (κ1) is 24.2. The van der Waals surface area contributed by atoms with Gasteiger partial charge in [0.05, 0.1) is 0 Å². The van der Waals surface area contributed by atoms with E-state index in [0.717, 1.165) is 49.0 Å². The number of thiocarbonyl (C=S) groups is 1. The van der Waals surface area contributed by atoms with Gasteiger partial charge in [-0.05, 0) is 67.9 Å². The van der Waals surface area contributed by atoms with E-state index in [2.05, 4.69) is 58.6 Å². The molecule has 1 aromatic carbocycles. The SMILES string of the molecule is Cc1cc(N2C[C@@H](C)C[C@H](C)C2)nc(NC(=S)NCC2(c3cccc(Cl)c3)CCCCC2)n1. The summed E-state index contributed by atoms with van der Waals surface area (Å²) < 4.78 is 0. The fourth-order valence-electron chi connectivity index (χ4n) is 5.63. The van der Waals surface area contributed by atoms with E-state index >= 15 is 0 Å². The summed E-state index contributed by atoms with van der Waals surface area (Å²) >= 11 is 12.0. The Morgan fingerprint density at radius 1 is 1.12 bits per heavy atom. The molecule has 0 unspecified atom stereocenters. The van der Waals surface area contributed by atoms with Crippen molar-refractivity contribution in [3.05, 3.63) is 46.6 Å². The number of aryl methyl sites for hydroxylation is 1. The van der Waals surface area contributed by atoms with Crippen LogP contribution in [-0.4, -0.2) is 34.7 Å². The second kappa shape index (κ2) is 10.6. The molecule has 2 fully saturated rings. The predicted molar refractivity (Wildman–Crippen MR) is 142 cm³/mol. The first-order valence-corrected chi connectivity index (χ1v) is 13.0. The molecule has 0 bridgehead atoms. The van der Waals surface area contributed by atoms with Crippen molar-refractivity contribution in [3.63, 3.8) is 0 Å². The summed E-state index contributed by atoms with van der Waals surface area (Å²) in [6, 6.07) is 10.4. The third-order valence-corrected chi connectivity index (χ3v) is 7.58. The van der Waals surface area contributed by atoms with Gasteiger partial charge in [0.15, 0.2) is 5.11 Å². The molecule has 1 saturated heterocycles. The second-order valence-corrected chi connectivity index (χ2v) is 11.0. The molecule has 7 heteroatoms. The van der Waals surface area contributed by atoms with Crippen LogP contribution in [0, 0.1) is 18.8 Å². The number of nitrogens with zero attached hydrogens (tertiary/aromatic N) is 3. The molecule has 0 amide bonds. The van der Waals surface area contributed by atoms with Crippen molar-refractivity contribution >= 4 is 40.7 Å². The number of piperidine rings is 1. The second-order valence-electron chi connectivity index (χ2n) is 10.2. The predicted octanol–water partition coefficient (Wildman–Crippen LogP) is 6.11. The lowest BCUT2D eigenvalue weighted by Gasteiger charge is -2.38. The number of hydrogen-bond donors (Lipinski definition) is 2. The van der Waals surface area contributed by atoms with Gasteiger partial charge in [0.25, 0.3) is 0 Å². The van der Waals surface area contributed by atoms with Gasteiger partial charge in [-0.15, -0.1) is 0 Å². The fourth-order valence-corrected chi connectivity index (χ4v) is 5.98. The number of nitrogens with one attached hydrogen (secondary N) is 2. The Hall–Kier alpha value is -1.92. The summed E-state index contributed by atoms with van der Waals surface area (Å²) in [5, 5.41) is 8.09. The minimum atomic E-state index is 0.0492. The Balaban J connectivity index is 1.44. The van der Waals surface area contributed by atoms with Gasteiger partial charge in [0.2, 0.25) is 5.95 Å². The lowest BCUT2D eigenvalue weighted by Crippen LogP contribution is -2.43. The Kier molecular flexibility index (Phi) is 7.75. The molecule has 0 spiro atoms. The number of rotatable bonds is 5. The third-order valence-electron chi connectivity index (χ3n) is 7.09. The average molecular weight is 486 g/mol. The molecule has 2 atom stereocenters. The van der Waals surface area contributed by atoms with Gasteiger partial charge in [-0.3, -0.25) is 0 Å². The molecule has 4 rings (SSSR count). The maximum Gasteiger partial charge on any atom is 0.231 e. The zero-order chi connectivity index (χ0) is 23.4. The summed E-state index contributed by atoms with van der Waals surface area (Å²) in [4.78, 5) is 11.8. The van der Waals surface area contributed by atoms with Crippen LogP contribution in [-0.2, 0) is 5.41 Å². The van der Waals surface area contributed by atoms with Crippen molar-refractivity contribution in [2.75, 3.05) is 29.9 Å². The molecule has 33 heavy (non-hydrogen) atoms. The van der Waals surface area contributed by atoms with Crippen LogP contribution in [0.4, 0.5) is 11.8 Å². The molecule has 1 aliphatic carbocycles. The minimum absolute atomic E-state index is 0.0492. The lowest BCUT2D eigenvalue weighted by molar-refractivity contribution is 0.292. The largest absolute Gasteiger partial charge is 0.361 e. The number of anilines is 2. The maximum absolute atomic E-state index is 6.33. The van der Waals surface area contributed by atoms with Gasteiger partial charge in [0, 0.05) is 41.8 Å². The minimum Gasteiger partial charge on any atom is -0.361 e. The smallest absolute Gasteiger partial charge is 0.231 e. The summed E-state index contributed by atoms with van der Waals surface area (Å²) in [6.07, 6.45) is 7.29. The normalized spacial score (nSPS) is 22.6. The summed E-state index contributed by atoms with van der Waals surface area (Å²) in [7, 11) is 0. The zero-order valence-electron chi connectivity index (χ0n) is 20.0. The van der Waals surface area contributed by atoms with E-state index in [1.54, 1.807) is 0 Å². The van der Waals surface area contributed by atoms with Crippen molar-refractivity contribution in [1.82, 2.24) is 15.3 Å². The van der Waals surface area contributed by atoms with E-state index in [4.69, 9.17) is 28.8 Å². The van der Waals surface area contributed by atoms with Crippen molar-refractivity contribution in [1.29, 1.82) is 0 Å². The Morgan fingerprint density at radius 2 is 1.85 bits per heavy atom. The van der Waals surface area contributed by atoms with Crippen LogP contribution in [0.3, 0.4) is 0 Å². The monoisotopic (exact) mass is 485 g/mol. The molecule has 2 aliphatic rings. The molecule has 2 heterocycles. The number of aromatic nitrogens is 2. The van der Waals surface area contributed by atoms with Crippen LogP contribution in [0.1, 0.15) is 63.6 Å². The Bertz CT molecular complexity index is 965. The van der Waals surface area contributed by atoms with E-state index < -0.39 is 0 Å². The first-order valence-electron chi connectivity index (χ1n) is 12.2. The highest BCUT2D eigenvalue weighted by molar-refractivity contribution is 7.80. The molecule has 2 aromatic rings. The van der Waals surface area contributed by atoms with Crippen LogP contribution in [0.25, 0.3) is 0 Å². The van der Waals surface area contributed by atoms with Gasteiger partial charge >= 0.3 is 0 Å². The summed E-state index contributed by atoms with van der Waals surface area (Å²) in [5.74, 6) is 2.88. The first-order chi connectivity index (χ1) is 15.8. The van der Waals surface area contributed by atoms with Crippen LogP contribution in [0.15, 0.2) is 30.3 Å². The molecule has 2 N–H and O–H groups in total. The molecule has 1 aromatic heterocycles. The quantitative estimate of drug-likeness (QED) is 0.498. The van der Waals surface area contributed by atoms with Gasteiger partial charge < -0.3 is 15.5 Å². The molecular formula is C26H36ClN5S. The van der Waals surface area contributed by atoms with Crippen LogP contribution in [0.5, 0.6) is 0 Å². The highest BCUT2D eigenvalue weighted by Crippen LogP contribution is 2.39. The van der Waals surface area contributed by atoms with Crippen molar-refractivity contribution in [2.24, 2.45) is 11.8 Å². The summed E-state index contributed by atoms with van der Waals surface area (Å²) in [5.41, 5.74) is 2.29. The van der Waals surface area contributed by atoms with Crippen molar-refractivity contribution < 1.29 is 0 Å². The lowest BCUT2D eigenvalue weighted by atomic mass is 9.69. The Morgan fingerprint density at radius 3 is 2.55 bits per heavy atom. The van der Waals surface area contributed by atoms with Crippen LogP contribution < -0.4 is 15.5 Å². The number of halogens is 1. The van der Waals surface area contributed by atoms with E-state index in [1.807, 2.05) is 13.0 Å². The Labute approximate surface area is 208 Å². The molecule has 1 saturated carbocycles. The molecular weight excluding hydrogens is 450 g/mol. The molecule has 178 valence electrons. The van der Waals surface area contributed by atoms with Crippen LogP contribution in [0.2, 0.25) is 5.02 Å². The number of hydrogen-bond acceptors (Lipinski definition) is 4. The average Bonchev–Trinajstić information content (AvgIpc) is 2.77. The maximum atomic E-state index is 6.33. The molecule has 0 radical (unpaired) electrons. The van der Waals surface area contributed by atoms with Crippen molar-refractivity contribution in [3.8, 4) is 0 Å². The topological polar surface area (TPSA) is 53.1 Å². The van der Waals surface area contributed by atoms with Crippen molar-refractivity contribution in [2.45, 2.75) is 64.7 Å². The van der Waals surface area contributed by atoms with E-state index in [0.29, 0.717) is 22.9 Å². The van der Waals surface area contributed by atoms with E-state index in [9.17, 15) is 0 Å². The van der Waals surface area contributed by atoms with E-state index in [-0.39, 0.29) is 5.41 Å². The van der Waals surface area contributed by atoms with Gasteiger partial charge in [-0.1, -0.05) is 56.8 Å². The van der Waals surface area contributed by atoms with Gasteiger partial charge in [-0.25, -0.2) is 4.98 Å². The third kappa shape index (κ3) is 6.15. The van der Waals surface area contributed by atoms with Gasteiger partial charge in [0.1, 0.15) is 5.82 Å². The van der Waals surface area contributed by atoms with E-state index in [1.165, 1.54) is 31.2 Å². The summed E-state index contributed by atoms with van der Waals surface area (Å²) in [6.45, 7) is 9.49. The fraction of sp³-hybridized carbons (Fsp3) is 0.577.